The van der Waals surface area contributed by atoms with Gasteiger partial charge in [-0.05, 0) is 25.5 Å². The summed E-state index contributed by atoms with van der Waals surface area (Å²) in [5, 5.41) is 4.34. The Morgan fingerprint density at radius 1 is 1.61 bits per heavy atom. The van der Waals surface area contributed by atoms with Crippen molar-refractivity contribution in [3.8, 4) is 0 Å². The molecule has 0 aliphatic carbocycles. The molecule has 0 spiro atoms. The predicted octanol–water partition coefficient (Wildman–Crippen LogP) is 2.73. The zero-order chi connectivity index (χ0) is 13.0. The summed E-state index contributed by atoms with van der Waals surface area (Å²) in [7, 11) is 0. The lowest BCUT2D eigenvalue weighted by molar-refractivity contribution is 0.0721. The van der Waals surface area contributed by atoms with Crippen molar-refractivity contribution >= 4 is 17.7 Å². The summed E-state index contributed by atoms with van der Waals surface area (Å²) < 4.78 is 5.07. The van der Waals surface area contributed by atoms with Gasteiger partial charge in [-0.25, -0.2) is 0 Å². The average Bonchev–Trinajstić information content (AvgIpc) is 2.65. The Labute approximate surface area is 112 Å². The fraction of sp³-hybridized carbons (Fsp3) is 0.692. The second-order valence-electron chi connectivity index (χ2n) is 4.66. The van der Waals surface area contributed by atoms with E-state index in [0.717, 1.165) is 31.0 Å². The van der Waals surface area contributed by atoms with E-state index in [0.29, 0.717) is 11.0 Å². The van der Waals surface area contributed by atoms with Gasteiger partial charge >= 0.3 is 0 Å². The normalized spacial score (nSPS) is 20.8. The smallest absolute Gasteiger partial charge is 0.292 e. The van der Waals surface area contributed by atoms with E-state index in [2.05, 4.69) is 12.1 Å². The number of thioether (sulfide) groups is 1. The first-order valence-electron chi connectivity index (χ1n) is 6.55. The highest BCUT2D eigenvalue weighted by atomic mass is 32.2. The van der Waals surface area contributed by atoms with Gasteiger partial charge in [0.15, 0.2) is 0 Å². The van der Waals surface area contributed by atoms with Crippen LogP contribution in [0.25, 0.3) is 0 Å². The van der Waals surface area contributed by atoms with Crippen LogP contribution in [0, 0.1) is 6.92 Å². The molecule has 2 heterocycles. The molecular formula is C13H20N2O2S. The Bertz CT molecular complexity index is 405. The summed E-state index contributed by atoms with van der Waals surface area (Å²) in [5.74, 6) is 1.46. The van der Waals surface area contributed by atoms with Crippen LogP contribution >= 0.6 is 11.8 Å². The maximum Gasteiger partial charge on any atom is 0.292 e. The van der Waals surface area contributed by atoms with Crippen molar-refractivity contribution in [1.82, 2.24) is 10.1 Å². The number of aryl methyl sites for hydroxylation is 1. The quantitative estimate of drug-likeness (QED) is 0.845. The first kappa shape index (κ1) is 13.5. The van der Waals surface area contributed by atoms with Gasteiger partial charge in [0.2, 0.25) is 5.76 Å². The Kier molecular flexibility index (Phi) is 4.69. The first-order chi connectivity index (χ1) is 8.70. The number of aromatic nitrogens is 1. The maximum atomic E-state index is 12.3. The van der Waals surface area contributed by atoms with E-state index >= 15 is 0 Å². The number of nitrogens with zero attached hydrogens (tertiary/aromatic N) is 2. The molecule has 2 rings (SSSR count). The summed E-state index contributed by atoms with van der Waals surface area (Å²) in [6.45, 7) is 5.66. The summed E-state index contributed by atoms with van der Waals surface area (Å²) in [6, 6.07) is 1.72. The number of likely N-dealkylation sites (tertiary alicyclic amines) is 1. The minimum atomic E-state index is -0.0146. The molecule has 1 unspecified atom stereocenters. The lowest BCUT2D eigenvalue weighted by atomic mass is 10.2. The van der Waals surface area contributed by atoms with Crippen molar-refractivity contribution in [3.05, 3.63) is 17.5 Å². The Balaban J connectivity index is 2.04. The SMILES string of the molecule is CCSC1CCCCN(C(=O)c2cc(C)no2)C1. The van der Waals surface area contributed by atoms with Gasteiger partial charge in [-0.15, -0.1) is 0 Å². The summed E-state index contributed by atoms with van der Waals surface area (Å²) in [5.41, 5.74) is 0.757. The van der Waals surface area contributed by atoms with Gasteiger partial charge in [0.05, 0.1) is 5.69 Å². The first-order valence-corrected chi connectivity index (χ1v) is 7.59. The van der Waals surface area contributed by atoms with Crippen molar-refractivity contribution in [2.24, 2.45) is 0 Å². The molecule has 4 nitrogen and oxygen atoms in total. The molecule has 1 amide bonds. The molecular weight excluding hydrogens is 248 g/mol. The van der Waals surface area contributed by atoms with Crippen LogP contribution in [0.5, 0.6) is 0 Å². The predicted molar refractivity (Wildman–Crippen MR) is 72.9 cm³/mol. The molecule has 0 aromatic carbocycles. The van der Waals surface area contributed by atoms with Crippen LogP contribution in [-0.4, -0.2) is 40.1 Å². The fourth-order valence-electron chi connectivity index (χ4n) is 2.28. The van der Waals surface area contributed by atoms with Crippen LogP contribution in [0.2, 0.25) is 0 Å². The third kappa shape index (κ3) is 3.28. The zero-order valence-electron chi connectivity index (χ0n) is 11.0. The van der Waals surface area contributed by atoms with E-state index in [4.69, 9.17) is 4.52 Å². The second kappa shape index (κ2) is 6.27. The molecule has 0 N–H and O–H groups in total. The topological polar surface area (TPSA) is 46.3 Å². The van der Waals surface area contributed by atoms with Crippen molar-refractivity contribution in [2.75, 3.05) is 18.8 Å². The number of hydrogen-bond acceptors (Lipinski definition) is 4. The van der Waals surface area contributed by atoms with E-state index in [1.165, 1.54) is 12.8 Å². The van der Waals surface area contributed by atoms with Gasteiger partial charge < -0.3 is 9.42 Å². The molecule has 1 atom stereocenters. The lowest BCUT2D eigenvalue weighted by Gasteiger charge is -2.22. The highest BCUT2D eigenvalue weighted by Crippen LogP contribution is 2.23. The Morgan fingerprint density at radius 3 is 3.11 bits per heavy atom. The fourth-order valence-corrected chi connectivity index (χ4v) is 3.37. The van der Waals surface area contributed by atoms with Crippen molar-refractivity contribution in [2.45, 2.75) is 38.4 Å². The Morgan fingerprint density at radius 2 is 2.44 bits per heavy atom. The molecule has 1 aliphatic rings. The van der Waals surface area contributed by atoms with E-state index in [9.17, 15) is 4.79 Å². The summed E-state index contributed by atoms with van der Waals surface area (Å²) in [6.07, 6.45) is 3.49. The summed E-state index contributed by atoms with van der Waals surface area (Å²) >= 11 is 1.95. The summed E-state index contributed by atoms with van der Waals surface area (Å²) in [4.78, 5) is 14.2. The molecule has 0 saturated carbocycles. The third-order valence-electron chi connectivity index (χ3n) is 3.16. The Hall–Kier alpha value is -0.970. The molecule has 1 fully saturated rings. The van der Waals surface area contributed by atoms with Gasteiger partial charge in [0, 0.05) is 24.4 Å². The highest BCUT2D eigenvalue weighted by molar-refractivity contribution is 7.99. The van der Waals surface area contributed by atoms with E-state index in [1.54, 1.807) is 6.07 Å². The molecule has 0 bridgehead atoms. The molecule has 0 radical (unpaired) electrons. The molecule has 18 heavy (non-hydrogen) atoms. The lowest BCUT2D eigenvalue weighted by Crippen LogP contribution is -2.35. The molecule has 100 valence electrons. The molecule has 5 heteroatoms. The van der Waals surface area contributed by atoms with Crippen molar-refractivity contribution < 1.29 is 9.32 Å². The van der Waals surface area contributed by atoms with E-state index in [1.807, 2.05) is 23.6 Å². The van der Waals surface area contributed by atoms with Crippen molar-refractivity contribution in [3.63, 3.8) is 0 Å². The van der Waals surface area contributed by atoms with Gasteiger partial charge in [-0.3, -0.25) is 4.79 Å². The highest BCUT2D eigenvalue weighted by Gasteiger charge is 2.25. The van der Waals surface area contributed by atoms with Crippen LogP contribution in [0.4, 0.5) is 0 Å². The van der Waals surface area contributed by atoms with E-state index < -0.39 is 0 Å². The average molecular weight is 268 g/mol. The van der Waals surface area contributed by atoms with Crippen LogP contribution in [0.15, 0.2) is 10.6 Å². The zero-order valence-corrected chi connectivity index (χ0v) is 11.8. The standard InChI is InChI=1S/C13H20N2O2S/c1-3-18-11-6-4-5-7-15(9-11)13(16)12-8-10(2)14-17-12/h8,11H,3-7,9H2,1-2H3. The number of carbonyl (C=O) groups excluding carboxylic acids is 1. The van der Waals surface area contributed by atoms with Gasteiger partial charge in [-0.1, -0.05) is 18.5 Å². The van der Waals surface area contributed by atoms with Gasteiger partial charge in [-0.2, -0.15) is 11.8 Å². The minimum Gasteiger partial charge on any atom is -0.351 e. The van der Waals surface area contributed by atoms with E-state index in [-0.39, 0.29) is 5.91 Å². The van der Waals surface area contributed by atoms with Crippen LogP contribution in [0.1, 0.15) is 42.4 Å². The number of carbonyl (C=O) groups is 1. The van der Waals surface area contributed by atoms with Crippen molar-refractivity contribution in [1.29, 1.82) is 0 Å². The van der Waals surface area contributed by atoms with Gasteiger partial charge in [0.25, 0.3) is 5.91 Å². The van der Waals surface area contributed by atoms with Crippen LogP contribution in [-0.2, 0) is 0 Å². The largest absolute Gasteiger partial charge is 0.351 e. The molecule has 1 aromatic heterocycles. The van der Waals surface area contributed by atoms with Gasteiger partial charge in [0.1, 0.15) is 0 Å². The molecule has 1 aliphatic heterocycles. The monoisotopic (exact) mass is 268 g/mol. The second-order valence-corrected chi connectivity index (χ2v) is 6.23. The molecule has 1 aromatic rings. The third-order valence-corrected chi connectivity index (χ3v) is 4.35. The van der Waals surface area contributed by atoms with Crippen LogP contribution < -0.4 is 0 Å². The molecule has 1 saturated heterocycles. The minimum absolute atomic E-state index is 0.0146. The number of hydrogen-bond donors (Lipinski definition) is 0. The van der Waals surface area contributed by atoms with Crippen LogP contribution in [0.3, 0.4) is 0 Å². The maximum absolute atomic E-state index is 12.3. The number of rotatable bonds is 3. The number of amides is 1.